The number of carbonyl (C=O) groups is 1. The first-order valence-electron chi connectivity index (χ1n) is 9.28. The Bertz CT molecular complexity index is 834. The standard InChI is InChI=1S/C21H24Cl2N4O/c1-16(18-7-8-19(22)20(23)13-18)24-25-21(28)15-27-11-9-26(10-12-27)14-17-5-3-2-4-6-17/h2-8,13H,9-12,14-15H2,1H3,(H,25,28)/b24-16-. The van der Waals surface area contributed by atoms with Gasteiger partial charge < -0.3 is 0 Å². The van der Waals surface area contributed by atoms with E-state index in [9.17, 15) is 4.79 Å². The minimum absolute atomic E-state index is 0.115. The van der Waals surface area contributed by atoms with Crippen LogP contribution in [0.25, 0.3) is 0 Å². The molecule has 1 amide bonds. The van der Waals surface area contributed by atoms with E-state index in [2.05, 4.69) is 44.6 Å². The van der Waals surface area contributed by atoms with Crippen molar-refractivity contribution in [2.24, 2.45) is 5.10 Å². The molecule has 0 bridgehead atoms. The van der Waals surface area contributed by atoms with Crippen LogP contribution in [-0.4, -0.2) is 54.1 Å². The summed E-state index contributed by atoms with van der Waals surface area (Å²) in [4.78, 5) is 16.8. The Labute approximate surface area is 175 Å². The zero-order valence-electron chi connectivity index (χ0n) is 15.9. The van der Waals surface area contributed by atoms with E-state index in [-0.39, 0.29) is 5.91 Å². The SMILES string of the molecule is C/C(=N/NC(=O)CN1CCN(Cc2ccccc2)CC1)c1ccc(Cl)c(Cl)c1. The highest BCUT2D eigenvalue weighted by atomic mass is 35.5. The van der Waals surface area contributed by atoms with Crippen molar-refractivity contribution in [3.63, 3.8) is 0 Å². The van der Waals surface area contributed by atoms with Gasteiger partial charge in [0.1, 0.15) is 0 Å². The van der Waals surface area contributed by atoms with Gasteiger partial charge in [-0.15, -0.1) is 0 Å². The van der Waals surface area contributed by atoms with Crippen LogP contribution in [0.1, 0.15) is 18.1 Å². The third-order valence-electron chi connectivity index (χ3n) is 4.77. The van der Waals surface area contributed by atoms with Crippen molar-refractivity contribution >= 4 is 34.8 Å². The largest absolute Gasteiger partial charge is 0.297 e. The average Bonchev–Trinajstić information content (AvgIpc) is 2.70. The second-order valence-electron chi connectivity index (χ2n) is 6.90. The molecular weight excluding hydrogens is 395 g/mol. The van der Waals surface area contributed by atoms with Gasteiger partial charge in [-0.1, -0.05) is 59.6 Å². The number of rotatable bonds is 6. The summed E-state index contributed by atoms with van der Waals surface area (Å²) >= 11 is 12.0. The van der Waals surface area contributed by atoms with Crippen LogP contribution in [0.3, 0.4) is 0 Å². The van der Waals surface area contributed by atoms with Crippen molar-refractivity contribution in [2.45, 2.75) is 13.5 Å². The molecule has 28 heavy (non-hydrogen) atoms. The number of piperazine rings is 1. The number of nitrogens with zero attached hydrogens (tertiary/aromatic N) is 3. The fraction of sp³-hybridized carbons (Fsp3) is 0.333. The Morgan fingerprint density at radius 3 is 2.36 bits per heavy atom. The molecule has 1 heterocycles. The first kappa shape index (κ1) is 20.8. The van der Waals surface area contributed by atoms with E-state index in [1.807, 2.05) is 19.1 Å². The Balaban J connectivity index is 1.43. The Kier molecular flexibility index (Phi) is 7.45. The maximum Gasteiger partial charge on any atom is 0.254 e. The van der Waals surface area contributed by atoms with Crippen molar-refractivity contribution in [3.05, 3.63) is 69.7 Å². The van der Waals surface area contributed by atoms with E-state index >= 15 is 0 Å². The van der Waals surface area contributed by atoms with Gasteiger partial charge in [0.15, 0.2) is 0 Å². The smallest absolute Gasteiger partial charge is 0.254 e. The molecule has 148 valence electrons. The molecule has 2 aromatic rings. The summed E-state index contributed by atoms with van der Waals surface area (Å²) in [6.45, 7) is 6.76. The number of carbonyl (C=O) groups excluding carboxylic acids is 1. The van der Waals surface area contributed by atoms with Gasteiger partial charge in [-0.25, -0.2) is 5.43 Å². The maximum absolute atomic E-state index is 12.2. The van der Waals surface area contributed by atoms with Gasteiger partial charge in [-0.05, 0) is 30.2 Å². The highest BCUT2D eigenvalue weighted by Crippen LogP contribution is 2.22. The Hall–Kier alpha value is -1.92. The molecule has 1 N–H and O–H groups in total. The van der Waals surface area contributed by atoms with Crippen LogP contribution in [0.5, 0.6) is 0 Å². The van der Waals surface area contributed by atoms with Gasteiger partial charge in [0.2, 0.25) is 0 Å². The monoisotopic (exact) mass is 418 g/mol. The van der Waals surface area contributed by atoms with E-state index in [4.69, 9.17) is 23.2 Å². The molecule has 1 aliphatic heterocycles. The molecule has 0 aliphatic carbocycles. The molecule has 0 radical (unpaired) electrons. The minimum atomic E-state index is -0.115. The summed E-state index contributed by atoms with van der Waals surface area (Å²) in [5.41, 5.74) is 5.45. The molecule has 0 spiro atoms. The molecule has 0 aromatic heterocycles. The fourth-order valence-electron chi connectivity index (χ4n) is 3.12. The Morgan fingerprint density at radius 1 is 1.00 bits per heavy atom. The van der Waals surface area contributed by atoms with Crippen LogP contribution >= 0.6 is 23.2 Å². The summed E-state index contributed by atoms with van der Waals surface area (Å²) in [7, 11) is 0. The van der Waals surface area contributed by atoms with E-state index in [1.165, 1.54) is 5.56 Å². The van der Waals surface area contributed by atoms with Crippen LogP contribution in [-0.2, 0) is 11.3 Å². The maximum atomic E-state index is 12.2. The number of hydrogen-bond donors (Lipinski definition) is 1. The van der Waals surface area contributed by atoms with Crippen molar-refractivity contribution in [1.82, 2.24) is 15.2 Å². The van der Waals surface area contributed by atoms with Crippen LogP contribution in [0.4, 0.5) is 0 Å². The van der Waals surface area contributed by atoms with Crippen LogP contribution in [0.2, 0.25) is 10.0 Å². The second kappa shape index (κ2) is 10.0. The van der Waals surface area contributed by atoms with Gasteiger partial charge in [0.25, 0.3) is 5.91 Å². The minimum Gasteiger partial charge on any atom is -0.297 e. The van der Waals surface area contributed by atoms with E-state index in [1.54, 1.807) is 12.1 Å². The molecule has 0 saturated carbocycles. The normalized spacial score (nSPS) is 16.2. The predicted molar refractivity (Wildman–Crippen MR) is 115 cm³/mol. The number of hydrogen-bond acceptors (Lipinski definition) is 4. The topological polar surface area (TPSA) is 47.9 Å². The third kappa shape index (κ3) is 6.04. The zero-order valence-corrected chi connectivity index (χ0v) is 17.4. The van der Waals surface area contributed by atoms with Gasteiger partial charge in [0, 0.05) is 32.7 Å². The van der Waals surface area contributed by atoms with Gasteiger partial charge in [0.05, 0.1) is 22.3 Å². The van der Waals surface area contributed by atoms with Gasteiger partial charge in [-0.3, -0.25) is 14.6 Å². The average molecular weight is 419 g/mol. The lowest BCUT2D eigenvalue weighted by Crippen LogP contribution is -2.48. The van der Waals surface area contributed by atoms with Crippen molar-refractivity contribution in [3.8, 4) is 0 Å². The molecule has 1 saturated heterocycles. The molecule has 0 atom stereocenters. The molecular formula is C21H24Cl2N4O. The summed E-state index contributed by atoms with van der Waals surface area (Å²) in [5, 5.41) is 5.14. The van der Waals surface area contributed by atoms with Gasteiger partial charge in [-0.2, -0.15) is 5.10 Å². The summed E-state index contributed by atoms with van der Waals surface area (Å²) in [6.07, 6.45) is 0. The second-order valence-corrected chi connectivity index (χ2v) is 7.71. The number of amides is 1. The van der Waals surface area contributed by atoms with Crippen molar-refractivity contribution < 1.29 is 4.79 Å². The lowest BCUT2D eigenvalue weighted by molar-refractivity contribution is -0.122. The number of nitrogens with one attached hydrogen (secondary N) is 1. The lowest BCUT2D eigenvalue weighted by atomic mass is 10.1. The molecule has 1 aliphatic rings. The van der Waals surface area contributed by atoms with E-state index < -0.39 is 0 Å². The van der Waals surface area contributed by atoms with Gasteiger partial charge >= 0.3 is 0 Å². The summed E-state index contributed by atoms with van der Waals surface area (Å²) in [6, 6.07) is 15.7. The third-order valence-corrected chi connectivity index (χ3v) is 5.51. The highest BCUT2D eigenvalue weighted by Gasteiger charge is 2.18. The first-order chi connectivity index (χ1) is 13.5. The Morgan fingerprint density at radius 2 is 1.68 bits per heavy atom. The molecule has 3 rings (SSSR count). The molecule has 1 fully saturated rings. The molecule has 7 heteroatoms. The van der Waals surface area contributed by atoms with E-state index in [0.29, 0.717) is 22.3 Å². The first-order valence-corrected chi connectivity index (χ1v) is 10.0. The highest BCUT2D eigenvalue weighted by molar-refractivity contribution is 6.42. The summed E-state index contributed by atoms with van der Waals surface area (Å²) < 4.78 is 0. The molecule has 2 aromatic carbocycles. The van der Waals surface area contributed by atoms with Crippen molar-refractivity contribution in [1.29, 1.82) is 0 Å². The van der Waals surface area contributed by atoms with Crippen LogP contribution in [0, 0.1) is 0 Å². The summed E-state index contributed by atoms with van der Waals surface area (Å²) in [5.74, 6) is -0.115. The number of hydrazone groups is 1. The number of halogens is 2. The van der Waals surface area contributed by atoms with Crippen LogP contribution < -0.4 is 5.43 Å². The molecule has 0 unspecified atom stereocenters. The quantitative estimate of drug-likeness (QED) is 0.575. The van der Waals surface area contributed by atoms with Crippen LogP contribution in [0.15, 0.2) is 53.6 Å². The fourth-order valence-corrected chi connectivity index (χ4v) is 3.42. The van der Waals surface area contributed by atoms with E-state index in [0.717, 1.165) is 38.3 Å². The zero-order chi connectivity index (χ0) is 19.9. The number of benzene rings is 2. The van der Waals surface area contributed by atoms with Crippen molar-refractivity contribution in [2.75, 3.05) is 32.7 Å². The lowest BCUT2D eigenvalue weighted by Gasteiger charge is -2.34. The predicted octanol–water partition coefficient (Wildman–Crippen LogP) is 3.65. The molecule has 5 nitrogen and oxygen atoms in total.